The molecule has 1 amide bonds. The first-order valence-electron chi connectivity index (χ1n) is 15.6. The molecule has 1 N–H and O–H groups in total. The van der Waals surface area contributed by atoms with Crippen molar-refractivity contribution in [2.75, 3.05) is 25.1 Å². The van der Waals surface area contributed by atoms with Crippen molar-refractivity contribution in [3.8, 4) is 5.75 Å². The standard InChI is InChI=1S/C34H43ClN2O5S/c1-22-5-4-6-31(41-3)29-11-8-24(29)20-37-16-15-34(13-14-34)19-26-17-27(35)9-7-25(26)21-42-32-12-10-28(18-30(32)37)43(39,40)36-33(38)23(22)2/h4,6-7,9-10,12,17-18,22-24,29,31H,5,8,11,13-16,19-21H2,1-3H3,(H,36,38)/b6-4+/t22-,23+,24-,29+,31-/m0/s1. The van der Waals surface area contributed by atoms with Gasteiger partial charge in [0.05, 0.1) is 16.7 Å². The van der Waals surface area contributed by atoms with Crippen LogP contribution in [-0.2, 0) is 32.6 Å². The maximum Gasteiger partial charge on any atom is 0.264 e. The molecule has 2 heterocycles. The van der Waals surface area contributed by atoms with Gasteiger partial charge in [-0.25, -0.2) is 13.1 Å². The minimum atomic E-state index is -4.08. The van der Waals surface area contributed by atoms with Gasteiger partial charge in [-0.1, -0.05) is 43.7 Å². The number of hydrogen-bond donors (Lipinski definition) is 1. The van der Waals surface area contributed by atoms with Crippen molar-refractivity contribution in [1.29, 1.82) is 0 Å². The fraction of sp³-hybridized carbons (Fsp3) is 0.559. The summed E-state index contributed by atoms with van der Waals surface area (Å²) in [6, 6.07) is 11.0. The number of rotatable bonds is 1. The van der Waals surface area contributed by atoms with Gasteiger partial charge in [-0.05, 0) is 110 Å². The number of carbonyl (C=O) groups excluding carboxylic acids is 1. The summed E-state index contributed by atoms with van der Waals surface area (Å²) in [4.78, 5) is 15.5. The van der Waals surface area contributed by atoms with Crippen LogP contribution >= 0.6 is 11.6 Å². The quantitative estimate of drug-likeness (QED) is 0.362. The Balaban J connectivity index is 1.42. The fourth-order valence-electron chi connectivity index (χ4n) is 6.97. The number of halogens is 1. The number of fused-ring (bicyclic) bond motifs is 3. The van der Waals surface area contributed by atoms with Crippen LogP contribution < -0.4 is 14.4 Å². The number of benzene rings is 2. The Morgan fingerprint density at radius 2 is 1.88 bits per heavy atom. The second kappa shape index (κ2) is 12.1. The van der Waals surface area contributed by atoms with E-state index in [0.717, 1.165) is 55.0 Å². The molecule has 2 aromatic rings. The van der Waals surface area contributed by atoms with Gasteiger partial charge in [0.15, 0.2) is 0 Å². The SMILES string of the molecule is CO[C@H]1/C=C/C[C@H](C)[C@@H](C)C(=O)NS(=O)(=O)c2ccc3c(c2)N(CCC2(CC2)Cc2cc(Cl)ccc2CO3)C[C@@H]2CC[C@H]21. The third-order valence-electron chi connectivity index (χ3n) is 10.5. The summed E-state index contributed by atoms with van der Waals surface area (Å²) in [5.41, 5.74) is 3.29. The molecular weight excluding hydrogens is 584 g/mol. The molecule has 0 aromatic heterocycles. The molecule has 4 aliphatic rings. The van der Waals surface area contributed by atoms with Gasteiger partial charge >= 0.3 is 0 Å². The number of hydrogen-bond acceptors (Lipinski definition) is 6. The molecule has 6 rings (SSSR count). The van der Waals surface area contributed by atoms with E-state index in [0.29, 0.717) is 30.6 Å². The lowest BCUT2D eigenvalue weighted by atomic mass is 9.70. The van der Waals surface area contributed by atoms with Gasteiger partial charge < -0.3 is 14.4 Å². The second-order valence-corrected chi connectivity index (χ2v) is 15.4. The molecule has 7 nitrogen and oxygen atoms in total. The minimum absolute atomic E-state index is 0.00313. The van der Waals surface area contributed by atoms with Crippen LogP contribution in [0.3, 0.4) is 0 Å². The van der Waals surface area contributed by atoms with E-state index in [9.17, 15) is 13.2 Å². The van der Waals surface area contributed by atoms with Crippen LogP contribution in [0.2, 0.25) is 5.02 Å². The number of ether oxygens (including phenoxy) is 2. The van der Waals surface area contributed by atoms with Crippen LogP contribution in [0.25, 0.3) is 0 Å². The molecule has 0 unspecified atom stereocenters. The predicted octanol–water partition coefficient (Wildman–Crippen LogP) is 6.53. The van der Waals surface area contributed by atoms with E-state index < -0.39 is 21.8 Å². The van der Waals surface area contributed by atoms with E-state index in [-0.39, 0.29) is 22.3 Å². The highest BCUT2D eigenvalue weighted by molar-refractivity contribution is 7.90. The average Bonchev–Trinajstić information content (AvgIpc) is 3.73. The van der Waals surface area contributed by atoms with E-state index >= 15 is 0 Å². The van der Waals surface area contributed by atoms with E-state index in [1.165, 1.54) is 18.4 Å². The smallest absolute Gasteiger partial charge is 0.264 e. The summed E-state index contributed by atoms with van der Waals surface area (Å²) < 4.78 is 41.9. The first-order valence-corrected chi connectivity index (χ1v) is 17.5. The first kappa shape index (κ1) is 30.5. The van der Waals surface area contributed by atoms with E-state index in [1.807, 2.05) is 19.1 Å². The lowest BCUT2D eigenvalue weighted by molar-refractivity contribution is -0.124. The highest BCUT2D eigenvalue weighted by Crippen LogP contribution is 2.53. The van der Waals surface area contributed by atoms with E-state index in [4.69, 9.17) is 21.1 Å². The Bertz CT molecular complexity index is 1500. The monoisotopic (exact) mass is 626 g/mol. The molecule has 9 heteroatoms. The number of nitrogens with one attached hydrogen (secondary N) is 1. The number of nitrogens with zero attached hydrogens (tertiary/aromatic N) is 1. The molecule has 2 fully saturated rings. The lowest BCUT2D eigenvalue weighted by Crippen LogP contribution is -2.44. The normalized spacial score (nSPS) is 30.8. The highest BCUT2D eigenvalue weighted by atomic mass is 35.5. The van der Waals surface area contributed by atoms with Crippen molar-refractivity contribution in [2.45, 2.75) is 76.4 Å². The zero-order chi connectivity index (χ0) is 30.4. The van der Waals surface area contributed by atoms with Gasteiger partial charge in [0.2, 0.25) is 5.91 Å². The molecule has 2 aromatic carbocycles. The maximum absolute atomic E-state index is 13.6. The highest BCUT2D eigenvalue weighted by Gasteiger charge is 2.44. The molecule has 0 radical (unpaired) electrons. The summed E-state index contributed by atoms with van der Waals surface area (Å²) in [6.45, 7) is 5.70. The summed E-state index contributed by atoms with van der Waals surface area (Å²) >= 11 is 6.42. The zero-order valence-corrected chi connectivity index (χ0v) is 26.9. The molecule has 232 valence electrons. The van der Waals surface area contributed by atoms with Crippen molar-refractivity contribution in [2.24, 2.45) is 29.1 Å². The maximum atomic E-state index is 13.6. The second-order valence-electron chi connectivity index (χ2n) is 13.3. The molecular formula is C34H43ClN2O5S. The minimum Gasteiger partial charge on any atom is -0.487 e. The number of amides is 1. The number of anilines is 1. The van der Waals surface area contributed by atoms with Gasteiger partial charge in [-0.2, -0.15) is 0 Å². The number of allylic oxidation sites excluding steroid dienone is 1. The molecule has 2 bridgehead atoms. The molecule has 0 saturated heterocycles. The summed E-state index contributed by atoms with van der Waals surface area (Å²) in [7, 11) is -2.31. The van der Waals surface area contributed by atoms with Crippen molar-refractivity contribution < 1.29 is 22.7 Å². The van der Waals surface area contributed by atoms with E-state index in [1.54, 1.807) is 32.2 Å². The van der Waals surface area contributed by atoms with Crippen LogP contribution in [0.4, 0.5) is 5.69 Å². The average molecular weight is 627 g/mol. The number of sulfonamides is 1. The van der Waals surface area contributed by atoms with Crippen LogP contribution in [0.1, 0.15) is 63.5 Å². The molecule has 43 heavy (non-hydrogen) atoms. The Morgan fingerprint density at radius 1 is 1.07 bits per heavy atom. The lowest BCUT2D eigenvalue weighted by Gasteiger charge is -2.44. The number of carbonyl (C=O) groups is 1. The number of methoxy groups -OCH3 is 1. The van der Waals surface area contributed by atoms with Crippen LogP contribution in [-0.4, -0.2) is 40.6 Å². The largest absolute Gasteiger partial charge is 0.487 e. The summed E-state index contributed by atoms with van der Waals surface area (Å²) in [5, 5.41) is 0.730. The van der Waals surface area contributed by atoms with Crippen LogP contribution in [0.15, 0.2) is 53.4 Å². The molecule has 1 spiro atoms. The van der Waals surface area contributed by atoms with Gasteiger partial charge in [0.1, 0.15) is 12.4 Å². The first-order chi connectivity index (χ1) is 20.6. The molecule has 2 aliphatic carbocycles. The van der Waals surface area contributed by atoms with Crippen molar-refractivity contribution >= 4 is 33.2 Å². The van der Waals surface area contributed by atoms with Crippen molar-refractivity contribution in [1.82, 2.24) is 4.72 Å². The summed E-state index contributed by atoms with van der Waals surface area (Å²) in [6.07, 6.45) is 11.4. The van der Waals surface area contributed by atoms with Crippen molar-refractivity contribution in [3.63, 3.8) is 0 Å². The Kier molecular flexibility index (Phi) is 8.57. The predicted molar refractivity (Wildman–Crippen MR) is 169 cm³/mol. The molecule has 2 aliphatic heterocycles. The molecule has 5 atom stereocenters. The Morgan fingerprint density at radius 3 is 2.60 bits per heavy atom. The summed E-state index contributed by atoms with van der Waals surface area (Å²) in [5.74, 6) is 0.418. The molecule has 2 saturated carbocycles. The van der Waals surface area contributed by atoms with Crippen LogP contribution in [0, 0.1) is 29.1 Å². The van der Waals surface area contributed by atoms with Gasteiger partial charge in [0.25, 0.3) is 10.0 Å². The van der Waals surface area contributed by atoms with E-state index in [2.05, 4.69) is 27.8 Å². The van der Waals surface area contributed by atoms with Gasteiger partial charge in [0, 0.05) is 31.1 Å². The third kappa shape index (κ3) is 6.47. The van der Waals surface area contributed by atoms with Gasteiger partial charge in [-0.3, -0.25) is 4.79 Å². The fourth-order valence-corrected chi connectivity index (χ4v) is 8.25. The van der Waals surface area contributed by atoms with Crippen LogP contribution in [0.5, 0.6) is 5.75 Å². The third-order valence-corrected chi connectivity index (χ3v) is 12.1. The Hall–Kier alpha value is -2.55. The zero-order valence-electron chi connectivity index (χ0n) is 25.4. The topological polar surface area (TPSA) is 84.9 Å². The Labute approximate surface area is 261 Å². The van der Waals surface area contributed by atoms with Crippen molar-refractivity contribution in [3.05, 3.63) is 64.7 Å². The van der Waals surface area contributed by atoms with Gasteiger partial charge in [-0.15, -0.1) is 0 Å².